The first-order valence-electron chi connectivity index (χ1n) is 1.98. The molecule has 0 spiro atoms. The summed E-state index contributed by atoms with van der Waals surface area (Å²) >= 11 is 0. The van der Waals surface area contributed by atoms with E-state index in [-0.39, 0.29) is 0 Å². The van der Waals surface area contributed by atoms with Crippen LogP contribution in [-0.2, 0) is 9.59 Å². The van der Waals surface area contributed by atoms with Gasteiger partial charge in [0.15, 0.2) is 10.4 Å². The van der Waals surface area contributed by atoms with Crippen molar-refractivity contribution in [2.24, 2.45) is 9.56 Å². The summed E-state index contributed by atoms with van der Waals surface area (Å²) in [5.41, 5.74) is 0. The molecule has 0 atom stereocenters. The lowest BCUT2D eigenvalue weighted by Crippen LogP contribution is -2.06. The fourth-order valence-electron chi connectivity index (χ4n) is 0.167. The van der Waals surface area contributed by atoms with E-state index in [1.165, 1.54) is 6.29 Å². The van der Waals surface area contributed by atoms with Crippen LogP contribution >= 0.6 is 0 Å². The minimum Gasteiger partial charge on any atom is -0.294 e. The SMILES string of the molecule is O=[C]C(=O)[SiH2]N=N[SiH3]. The van der Waals surface area contributed by atoms with E-state index in [1.807, 2.05) is 0 Å². The van der Waals surface area contributed by atoms with Crippen molar-refractivity contribution in [3.05, 3.63) is 0 Å². The second-order valence-corrected chi connectivity index (χ2v) is 2.67. The number of carbonyl (C=O) groups is 1. The van der Waals surface area contributed by atoms with Crippen molar-refractivity contribution in [3.8, 4) is 0 Å². The predicted octanol–water partition coefficient (Wildman–Crippen LogP) is -2.56. The molecule has 1 radical (unpaired) electrons. The maximum absolute atomic E-state index is 10.1. The minimum absolute atomic E-state index is 0.510. The van der Waals surface area contributed by atoms with Crippen molar-refractivity contribution in [2.75, 3.05) is 0 Å². The molecule has 0 heterocycles. The Morgan fingerprint density at radius 2 is 2.38 bits per heavy atom. The molecule has 0 saturated heterocycles. The second kappa shape index (κ2) is 4.53. The summed E-state index contributed by atoms with van der Waals surface area (Å²) in [5, 5.41) is -0.510. The molecule has 0 unspecified atom stereocenters. The van der Waals surface area contributed by atoms with Gasteiger partial charge in [0.2, 0.25) is 5.41 Å². The molecule has 0 bridgehead atoms. The lowest BCUT2D eigenvalue weighted by atomic mass is 10.9. The lowest BCUT2D eigenvalue weighted by Gasteiger charge is -1.75. The van der Waals surface area contributed by atoms with Gasteiger partial charge >= 0.3 is 0 Å². The highest BCUT2D eigenvalue weighted by atomic mass is 28.2. The number of carbonyl (C=O) groups excluding carboxylic acids is 2. The molecule has 8 heavy (non-hydrogen) atoms. The minimum atomic E-state index is -1.23. The Balaban J connectivity index is 3.39. The van der Waals surface area contributed by atoms with Crippen molar-refractivity contribution < 1.29 is 9.59 Å². The summed E-state index contributed by atoms with van der Waals surface area (Å²) < 4.78 is 6.91. The molecule has 0 rings (SSSR count). The summed E-state index contributed by atoms with van der Waals surface area (Å²) in [4.78, 5) is 19.6. The van der Waals surface area contributed by atoms with Crippen LogP contribution in [0.4, 0.5) is 0 Å². The van der Waals surface area contributed by atoms with Gasteiger partial charge in [0.25, 0.3) is 16.0 Å². The molecule has 43 valence electrons. The predicted molar refractivity (Wildman–Crippen MR) is 34.0 cm³/mol. The van der Waals surface area contributed by atoms with Crippen LogP contribution in [0.1, 0.15) is 0 Å². The van der Waals surface area contributed by atoms with Gasteiger partial charge < -0.3 is 0 Å². The summed E-state index contributed by atoms with van der Waals surface area (Å²) in [6, 6.07) is 0. The Kier molecular flexibility index (Phi) is 4.18. The Morgan fingerprint density at radius 1 is 1.75 bits per heavy atom. The van der Waals surface area contributed by atoms with Gasteiger partial charge in [-0.05, 0) is 0 Å². The van der Waals surface area contributed by atoms with Gasteiger partial charge in [-0.2, -0.15) is 0 Å². The van der Waals surface area contributed by atoms with Gasteiger partial charge in [-0.1, -0.05) is 0 Å². The van der Waals surface area contributed by atoms with Gasteiger partial charge in [0, 0.05) is 0 Å². The average molecular weight is 145 g/mol. The Labute approximate surface area is 51.8 Å². The highest BCUT2D eigenvalue weighted by Crippen LogP contribution is 1.65. The van der Waals surface area contributed by atoms with Crippen molar-refractivity contribution >= 4 is 31.8 Å². The highest BCUT2D eigenvalue weighted by Gasteiger charge is 1.96. The third-order valence-corrected chi connectivity index (χ3v) is 2.17. The van der Waals surface area contributed by atoms with E-state index in [1.54, 1.807) is 0 Å². The Morgan fingerprint density at radius 3 is 2.75 bits per heavy atom. The van der Waals surface area contributed by atoms with E-state index in [0.29, 0.717) is 10.4 Å². The summed E-state index contributed by atoms with van der Waals surface area (Å²) in [5.74, 6) is 0. The molecular weight excluding hydrogens is 140 g/mol. The maximum atomic E-state index is 10.1. The average Bonchev–Trinajstić information content (AvgIpc) is 1.83. The van der Waals surface area contributed by atoms with Crippen LogP contribution in [0.25, 0.3) is 0 Å². The molecule has 0 aliphatic heterocycles. The van der Waals surface area contributed by atoms with Crippen LogP contribution in [0.2, 0.25) is 0 Å². The van der Waals surface area contributed by atoms with Crippen LogP contribution in [0.5, 0.6) is 0 Å². The second-order valence-electron chi connectivity index (χ2n) is 1.02. The largest absolute Gasteiger partial charge is 0.294 e. The highest BCUT2D eigenvalue weighted by molar-refractivity contribution is 6.84. The Hall–Kier alpha value is -0.626. The molecule has 0 aromatic heterocycles. The quantitative estimate of drug-likeness (QED) is 0.249. The van der Waals surface area contributed by atoms with E-state index in [9.17, 15) is 9.59 Å². The normalized spacial score (nSPS) is 11.5. The van der Waals surface area contributed by atoms with Crippen LogP contribution < -0.4 is 0 Å². The number of hydrogen-bond donors (Lipinski definition) is 0. The van der Waals surface area contributed by atoms with Gasteiger partial charge in [-0.15, -0.1) is 0 Å². The molecule has 0 aromatic rings. The summed E-state index contributed by atoms with van der Waals surface area (Å²) in [7, 11) is -0.626. The van der Waals surface area contributed by atoms with Crippen molar-refractivity contribution in [1.29, 1.82) is 0 Å². The molecular formula is C2H5N2O2Si2. The number of hydrogen-bond acceptors (Lipinski definition) is 4. The molecule has 0 saturated carbocycles. The fourth-order valence-corrected chi connectivity index (χ4v) is 0.926. The molecule has 0 aliphatic rings. The molecule has 0 amide bonds. The molecule has 0 N–H and O–H groups in total. The van der Waals surface area contributed by atoms with E-state index in [4.69, 9.17) is 0 Å². The first kappa shape index (κ1) is 7.37. The zero-order chi connectivity index (χ0) is 6.41. The monoisotopic (exact) mass is 145 g/mol. The maximum Gasteiger partial charge on any atom is 0.268 e. The van der Waals surface area contributed by atoms with Gasteiger partial charge in [-0.25, -0.2) is 4.78 Å². The molecule has 4 nitrogen and oxygen atoms in total. The van der Waals surface area contributed by atoms with E-state index in [0.717, 1.165) is 0 Å². The zero-order valence-electron chi connectivity index (χ0n) is 4.42. The van der Waals surface area contributed by atoms with Gasteiger partial charge in [0.05, 0.1) is 0 Å². The van der Waals surface area contributed by atoms with Crippen LogP contribution in [0.3, 0.4) is 0 Å². The van der Waals surface area contributed by atoms with Crippen molar-refractivity contribution in [1.82, 2.24) is 0 Å². The Bertz CT molecular complexity index is 123. The van der Waals surface area contributed by atoms with Gasteiger partial charge in [-0.3, -0.25) is 14.4 Å². The lowest BCUT2D eigenvalue weighted by molar-refractivity contribution is -0.106. The van der Waals surface area contributed by atoms with Crippen LogP contribution in [-0.4, -0.2) is 31.8 Å². The molecule has 0 aliphatic carbocycles. The number of rotatable bonds is 3. The van der Waals surface area contributed by atoms with Crippen molar-refractivity contribution in [3.63, 3.8) is 0 Å². The molecule has 0 fully saturated rings. The standard InChI is InChI=1S/C2H5N2O2Si2/c5-1-2(6)8-4-3-7/h8H2,7H3. The third-order valence-electron chi connectivity index (χ3n) is 0.470. The van der Waals surface area contributed by atoms with E-state index < -0.39 is 15.1 Å². The topological polar surface area (TPSA) is 58.9 Å². The van der Waals surface area contributed by atoms with E-state index in [2.05, 4.69) is 9.56 Å². The summed E-state index contributed by atoms with van der Waals surface area (Å²) in [6.45, 7) is 0. The third kappa shape index (κ3) is 3.56. The van der Waals surface area contributed by atoms with Gasteiger partial charge in [0.1, 0.15) is 0 Å². The first-order valence-corrected chi connectivity index (χ1v) is 4.21. The fraction of sp³-hybridized carbons (Fsp3) is 0. The van der Waals surface area contributed by atoms with E-state index >= 15 is 0 Å². The smallest absolute Gasteiger partial charge is 0.268 e. The summed E-state index contributed by atoms with van der Waals surface area (Å²) in [6.07, 6.45) is 1.23. The molecule has 0 aromatic carbocycles. The number of nitrogens with zero attached hydrogens (tertiary/aromatic N) is 2. The van der Waals surface area contributed by atoms with Crippen LogP contribution in [0.15, 0.2) is 9.56 Å². The zero-order valence-corrected chi connectivity index (χ0v) is 7.83. The van der Waals surface area contributed by atoms with Crippen LogP contribution in [0, 0.1) is 0 Å². The first-order chi connectivity index (χ1) is 3.81. The van der Waals surface area contributed by atoms with Crippen molar-refractivity contribution in [2.45, 2.75) is 0 Å². The molecule has 6 heteroatoms.